The Labute approximate surface area is 113 Å². The van der Waals surface area contributed by atoms with Gasteiger partial charge in [0.25, 0.3) is 0 Å². The molecule has 0 saturated heterocycles. The lowest BCUT2D eigenvalue weighted by atomic mass is 10.2. The van der Waals surface area contributed by atoms with Crippen LogP contribution in [0.25, 0.3) is 5.69 Å². The zero-order valence-corrected chi connectivity index (χ0v) is 10.8. The summed E-state index contributed by atoms with van der Waals surface area (Å²) in [6.07, 6.45) is -4.75. The van der Waals surface area contributed by atoms with Crippen molar-refractivity contribution in [2.45, 2.75) is 20.0 Å². The standard InChI is InChI=1S/C14H12F3NO2/c1-8-5-3-4-6-11(8)18-9(2)7-10(13(19)20)12(18)14(15,16)17/h3-7H,1-2H3,(H,19,20). The Hall–Kier alpha value is -2.24. The molecule has 1 heterocycles. The number of para-hydroxylation sites is 1. The molecule has 0 unspecified atom stereocenters. The molecule has 2 rings (SSSR count). The van der Waals surface area contributed by atoms with E-state index in [1.807, 2.05) is 0 Å². The molecule has 2 aromatic rings. The molecule has 0 aliphatic rings. The Morgan fingerprint density at radius 3 is 2.30 bits per heavy atom. The number of benzene rings is 1. The normalized spacial score (nSPS) is 11.7. The average Bonchev–Trinajstić information content (AvgIpc) is 2.67. The number of hydrogen-bond acceptors (Lipinski definition) is 1. The van der Waals surface area contributed by atoms with Crippen LogP contribution in [-0.2, 0) is 6.18 Å². The van der Waals surface area contributed by atoms with Crippen LogP contribution < -0.4 is 0 Å². The summed E-state index contributed by atoms with van der Waals surface area (Å²) < 4.78 is 40.6. The lowest BCUT2D eigenvalue weighted by Gasteiger charge is -2.16. The van der Waals surface area contributed by atoms with Crippen molar-refractivity contribution in [3.63, 3.8) is 0 Å². The summed E-state index contributed by atoms with van der Waals surface area (Å²) in [5.74, 6) is -1.59. The average molecular weight is 283 g/mol. The third-order valence-electron chi connectivity index (χ3n) is 3.04. The number of carbonyl (C=O) groups is 1. The fourth-order valence-corrected chi connectivity index (χ4v) is 2.21. The van der Waals surface area contributed by atoms with E-state index in [-0.39, 0.29) is 5.69 Å². The third-order valence-corrected chi connectivity index (χ3v) is 3.04. The van der Waals surface area contributed by atoms with E-state index in [1.165, 1.54) is 13.0 Å². The minimum Gasteiger partial charge on any atom is -0.478 e. The summed E-state index contributed by atoms with van der Waals surface area (Å²) in [5.41, 5.74) is -0.711. The fourth-order valence-electron chi connectivity index (χ4n) is 2.21. The van der Waals surface area contributed by atoms with Crippen LogP contribution in [0.1, 0.15) is 27.3 Å². The monoisotopic (exact) mass is 283 g/mol. The van der Waals surface area contributed by atoms with Crippen molar-refractivity contribution in [2.24, 2.45) is 0 Å². The van der Waals surface area contributed by atoms with Crippen LogP contribution in [0.4, 0.5) is 13.2 Å². The van der Waals surface area contributed by atoms with Crippen molar-refractivity contribution in [1.29, 1.82) is 0 Å². The largest absolute Gasteiger partial charge is 0.478 e. The van der Waals surface area contributed by atoms with Crippen LogP contribution in [0.15, 0.2) is 30.3 Å². The first-order valence-corrected chi connectivity index (χ1v) is 5.82. The van der Waals surface area contributed by atoms with E-state index in [1.54, 1.807) is 25.1 Å². The summed E-state index contributed by atoms with van der Waals surface area (Å²) in [6, 6.07) is 7.57. The minimum absolute atomic E-state index is 0.226. The molecular formula is C14H12F3NO2. The van der Waals surface area contributed by atoms with Gasteiger partial charge >= 0.3 is 12.1 Å². The number of aromatic nitrogens is 1. The molecule has 0 saturated carbocycles. The molecule has 106 valence electrons. The van der Waals surface area contributed by atoms with Crippen molar-refractivity contribution in [3.05, 3.63) is 52.8 Å². The van der Waals surface area contributed by atoms with Gasteiger partial charge in [0.05, 0.1) is 5.56 Å². The second-order valence-corrected chi connectivity index (χ2v) is 4.47. The van der Waals surface area contributed by atoms with Crippen molar-refractivity contribution in [3.8, 4) is 5.69 Å². The Balaban J connectivity index is 2.83. The number of aromatic carboxylic acids is 1. The second kappa shape index (κ2) is 4.70. The number of carboxylic acids is 1. The SMILES string of the molecule is Cc1ccccc1-n1c(C)cc(C(=O)O)c1C(F)(F)F. The highest BCUT2D eigenvalue weighted by Crippen LogP contribution is 2.36. The Morgan fingerprint density at radius 2 is 1.80 bits per heavy atom. The van der Waals surface area contributed by atoms with E-state index in [0.29, 0.717) is 11.3 Å². The van der Waals surface area contributed by atoms with Gasteiger partial charge in [-0.2, -0.15) is 13.2 Å². The van der Waals surface area contributed by atoms with Crippen LogP contribution in [0, 0.1) is 13.8 Å². The molecule has 3 nitrogen and oxygen atoms in total. The van der Waals surface area contributed by atoms with Crippen LogP contribution in [-0.4, -0.2) is 15.6 Å². The third kappa shape index (κ3) is 2.29. The molecule has 20 heavy (non-hydrogen) atoms. The van der Waals surface area contributed by atoms with Crippen LogP contribution in [0.3, 0.4) is 0 Å². The van der Waals surface area contributed by atoms with Crippen molar-refractivity contribution >= 4 is 5.97 Å². The molecular weight excluding hydrogens is 271 g/mol. The molecule has 0 atom stereocenters. The molecule has 0 amide bonds. The topological polar surface area (TPSA) is 42.2 Å². The molecule has 0 fully saturated rings. The fraction of sp³-hybridized carbons (Fsp3) is 0.214. The van der Waals surface area contributed by atoms with Gasteiger partial charge < -0.3 is 9.67 Å². The first-order valence-electron chi connectivity index (χ1n) is 5.82. The molecule has 6 heteroatoms. The summed E-state index contributed by atoms with van der Waals surface area (Å²) in [7, 11) is 0. The quantitative estimate of drug-likeness (QED) is 0.910. The molecule has 0 aliphatic carbocycles. The molecule has 1 N–H and O–H groups in total. The van der Waals surface area contributed by atoms with Gasteiger partial charge in [0.15, 0.2) is 0 Å². The maximum atomic E-state index is 13.2. The lowest BCUT2D eigenvalue weighted by molar-refractivity contribution is -0.142. The number of nitrogens with zero attached hydrogens (tertiary/aromatic N) is 1. The van der Waals surface area contributed by atoms with Crippen LogP contribution in [0.5, 0.6) is 0 Å². The van der Waals surface area contributed by atoms with Crippen LogP contribution in [0.2, 0.25) is 0 Å². The number of alkyl halides is 3. The van der Waals surface area contributed by atoms with Gasteiger partial charge in [-0.25, -0.2) is 4.79 Å². The number of carboxylic acid groups (broad SMARTS) is 1. The summed E-state index contributed by atoms with van der Waals surface area (Å²) >= 11 is 0. The van der Waals surface area contributed by atoms with E-state index in [4.69, 9.17) is 5.11 Å². The van der Waals surface area contributed by atoms with Gasteiger partial charge in [0, 0.05) is 11.4 Å². The molecule has 0 spiro atoms. The van der Waals surface area contributed by atoms with Gasteiger partial charge in [-0.05, 0) is 31.5 Å². The highest BCUT2D eigenvalue weighted by molar-refractivity contribution is 5.90. The minimum atomic E-state index is -4.75. The summed E-state index contributed by atoms with van der Waals surface area (Å²) in [6.45, 7) is 3.13. The van der Waals surface area contributed by atoms with Crippen molar-refractivity contribution in [2.75, 3.05) is 0 Å². The highest BCUT2D eigenvalue weighted by atomic mass is 19.4. The van der Waals surface area contributed by atoms with E-state index < -0.39 is 23.4 Å². The van der Waals surface area contributed by atoms with Crippen molar-refractivity contribution < 1.29 is 23.1 Å². The van der Waals surface area contributed by atoms with Crippen LogP contribution >= 0.6 is 0 Å². The zero-order chi connectivity index (χ0) is 15.1. The Morgan fingerprint density at radius 1 is 1.20 bits per heavy atom. The number of halogens is 3. The van der Waals surface area contributed by atoms with Crippen molar-refractivity contribution in [1.82, 2.24) is 4.57 Å². The number of aryl methyl sites for hydroxylation is 2. The first-order chi connectivity index (χ1) is 9.23. The molecule has 0 aliphatic heterocycles. The predicted molar refractivity (Wildman–Crippen MR) is 67.2 cm³/mol. The lowest BCUT2D eigenvalue weighted by Crippen LogP contribution is -2.17. The summed E-state index contributed by atoms with van der Waals surface area (Å²) in [4.78, 5) is 11.0. The molecule has 1 aromatic heterocycles. The second-order valence-electron chi connectivity index (χ2n) is 4.47. The number of rotatable bonds is 2. The predicted octanol–water partition coefficient (Wildman–Crippen LogP) is 3.81. The highest BCUT2D eigenvalue weighted by Gasteiger charge is 2.40. The van der Waals surface area contributed by atoms with E-state index in [0.717, 1.165) is 10.6 Å². The van der Waals surface area contributed by atoms with Gasteiger partial charge in [-0.15, -0.1) is 0 Å². The molecule has 1 aromatic carbocycles. The zero-order valence-electron chi connectivity index (χ0n) is 10.8. The smallest absolute Gasteiger partial charge is 0.432 e. The van der Waals surface area contributed by atoms with Gasteiger partial charge in [0.1, 0.15) is 5.69 Å². The Kier molecular flexibility index (Phi) is 3.33. The van der Waals surface area contributed by atoms with Gasteiger partial charge in [-0.1, -0.05) is 18.2 Å². The van der Waals surface area contributed by atoms with Gasteiger partial charge in [-0.3, -0.25) is 0 Å². The van der Waals surface area contributed by atoms with E-state index >= 15 is 0 Å². The molecule has 0 bridgehead atoms. The van der Waals surface area contributed by atoms with E-state index in [2.05, 4.69) is 0 Å². The van der Waals surface area contributed by atoms with E-state index in [9.17, 15) is 18.0 Å². The maximum Gasteiger partial charge on any atom is 0.432 e. The molecule has 0 radical (unpaired) electrons. The number of hydrogen-bond donors (Lipinski definition) is 1. The van der Waals surface area contributed by atoms with Gasteiger partial charge in [0.2, 0.25) is 0 Å². The first kappa shape index (κ1) is 14.2. The maximum absolute atomic E-state index is 13.2. The Bertz CT molecular complexity index is 672. The summed E-state index contributed by atoms with van der Waals surface area (Å²) in [5, 5.41) is 8.97.